The topological polar surface area (TPSA) is 44.7 Å². The van der Waals surface area contributed by atoms with Crippen LogP contribution in [0.5, 0.6) is 0 Å². The van der Waals surface area contributed by atoms with Crippen LogP contribution >= 0.6 is 0 Å². The zero-order valence-corrected chi connectivity index (χ0v) is 13.1. The van der Waals surface area contributed by atoms with Crippen LogP contribution in [-0.4, -0.2) is 61.5 Å². The van der Waals surface area contributed by atoms with Crippen molar-refractivity contribution in [3.8, 4) is 0 Å². The van der Waals surface area contributed by atoms with Crippen molar-refractivity contribution < 1.29 is 9.84 Å². The van der Waals surface area contributed by atoms with Gasteiger partial charge in [-0.25, -0.2) is 0 Å². The van der Waals surface area contributed by atoms with Gasteiger partial charge in [-0.2, -0.15) is 0 Å². The Hall–Kier alpha value is -0.160. The predicted octanol–water partition coefficient (Wildman–Crippen LogP) is 1.48. The van der Waals surface area contributed by atoms with Crippen molar-refractivity contribution in [2.75, 3.05) is 39.9 Å². The maximum atomic E-state index is 10.2. The molecule has 0 saturated carbocycles. The molecular weight excluding hydrogens is 240 g/mol. The Labute approximate surface area is 118 Å². The van der Waals surface area contributed by atoms with E-state index >= 15 is 0 Å². The second kappa shape index (κ2) is 8.20. The van der Waals surface area contributed by atoms with Crippen LogP contribution in [0.15, 0.2) is 0 Å². The SMILES string of the molecule is CCN1CCCC(C(C)NCC(C)(O)CCOC)C1. The summed E-state index contributed by atoms with van der Waals surface area (Å²) in [7, 11) is 1.67. The van der Waals surface area contributed by atoms with Crippen molar-refractivity contribution in [3.63, 3.8) is 0 Å². The van der Waals surface area contributed by atoms with Crippen LogP contribution in [-0.2, 0) is 4.74 Å². The van der Waals surface area contributed by atoms with Crippen molar-refractivity contribution in [1.82, 2.24) is 10.2 Å². The molecular formula is C15H32N2O2. The van der Waals surface area contributed by atoms with Gasteiger partial charge in [0.2, 0.25) is 0 Å². The molecule has 4 nitrogen and oxygen atoms in total. The molecule has 3 atom stereocenters. The number of hydrogen-bond acceptors (Lipinski definition) is 4. The van der Waals surface area contributed by atoms with Gasteiger partial charge in [0.1, 0.15) is 0 Å². The number of piperidine rings is 1. The first-order valence-electron chi connectivity index (χ1n) is 7.65. The Kier molecular flexibility index (Phi) is 7.29. The molecule has 0 aromatic heterocycles. The Balaban J connectivity index is 2.31. The molecule has 19 heavy (non-hydrogen) atoms. The summed E-state index contributed by atoms with van der Waals surface area (Å²) in [6, 6.07) is 0.461. The van der Waals surface area contributed by atoms with Gasteiger partial charge in [-0.05, 0) is 45.7 Å². The normalized spacial score (nSPS) is 26.1. The van der Waals surface area contributed by atoms with E-state index in [1.807, 2.05) is 6.92 Å². The summed E-state index contributed by atoms with van der Waals surface area (Å²) in [5.74, 6) is 0.701. The maximum absolute atomic E-state index is 10.2. The lowest BCUT2D eigenvalue weighted by molar-refractivity contribution is 0.0200. The van der Waals surface area contributed by atoms with Crippen LogP contribution in [0.3, 0.4) is 0 Å². The fourth-order valence-corrected chi connectivity index (χ4v) is 2.74. The molecule has 114 valence electrons. The summed E-state index contributed by atoms with van der Waals surface area (Å²) in [4.78, 5) is 2.52. The highest BCUT2D eigenvalue weighted by atomic mass is 16.5. The third-order valence-electron chi connectivity index (χ3n) is 4.35. The third kappa shape index (κ3) is 6.21. The summed E-state index contributed by atoms with van der Waals surface area (Å²) in [5.41, 5.74) is -0.677. The van der Waals surface area contributed by atoms with Gasteiger partial charge in [-0.15, -0.1) is 0 Å². The molecule has 1 fully saturated rings. The Morgan fingerprint density at radius 1 is 1.53 bits per heavy atom. The summed E-state index contributed by atoms with van der Waals surface area (Å²) < 4.78 is 5.03. The van der Waals surface area contributed by atoms with E-state index in [9.17, 15) is 5.11 Å². The van der Waals surface area contributed by atoms with Gasteiger partial charge < -0.3 is 20.1 Å². The standard InChI is InChI=1S/C15H32N2O2/c1-5-17-9-6-7-14(11-17)13(2)16-12-15(3,18)8-10-19-4/h13-14,16,18H,5-12H2,1-4H3. The lowest BCUT2D eigenvalue weighted by atomic mass is 9.91. The number of methoxy groups -OCH3 is 1. The lowest BCUT2D eigenvalue weighted by Gasteiger charge is -2.36. The van der Waals surface area contributed by atoms with Gasteiger partial charge in [-0.1, -0.05) is 6.92 Å². The molecule has 0 radical (unpaired) electrons. The van der Waals surface area contributed by atoms with E-state index in [-0.39, 0.29) is 0 Å². The third-order valence-corrected chi connectivity index (χ3v) is 4.35. The second-order valence-corrected chi connectivity index (χ2v) is 6.20. The molecule has 1 aliphatic heterocycles. The fraction of sp³-hybridized carbons (Fsp3) is 1.00. The number of nitrogens with zero attached hydrogens (tertiary/aromatic N) is 1. The maximum Gasteiger partial charge on any atom is 0.0765 e. The van der Waals surface area contributed by atoms with E-state index in [1.165, 1.54) is 25.9 Å². The van der Waals surface area contributed by atoms with E-state index in [0.29, 0.717) is 31.5 Å². The van der Waals surface area contributed by atoms with E-state index in [0.717, 1.165) is 6.54 Å². The number of ether oxygens (including phenoxy) is 1. The molecule has 0 bridgehead atoms. The molecule has 0 aliphatic carbocycles. The number of likely N-dealkylation sites (tertiary alicyclic amines) is 1. The highest BCUT2D eigenvalue weighted by Crippen LogP contribution is 2.20. The minimum Gasteiger partial charge on any atom is -0.389 e. The molecule has 1 aliphatic rings. The minimum absolute atomic E-state index is 0.461. The van der Waals surface area contributed by atoms with Gasteiger partial charge in [-0.3, -0.25) is 0 Å². The van der Waals surface area contributed by atoms with E-state index in [4.69, 9.17) is 4.74 Å². The summed E-state index contributed by atoms with van der Waals surface area (Å²) in [6.45, 7) is 11.2. The monoisotopic (exact) mass is 272 g/mol. The largest absolute Gasteiger partial charge is 0.389 e. The molecule has 0 amide bonds. The van der Waals surface area contributed by atoms with Crippen molar-refractivity contribution in [1.29, 1.82) is 0 Å². The summed E-state index contributed by atoms with van der Waals surface area (Å²) in [6.07, 6.45) is 3.27. The molecule has 3 unspecified atom stereocenters. The molecule has 0 spiro atoms. The first-order chi connectivity index (χ1) is 8.98. The number of rotatable bonds is 8. The van der Waals surface area contributed by atoms with Crippen molar-refractivity contribution in [2.45, 2.75) is 51.7 Å². The Morgan fingerprint density at radius 3 is 2.89 bits per heavy atom. The van der Waals surface area contributed by atoms with Gasteiger partial charge in [0.25, 0.3) is 0 Å². The van der Waals surface area contributed by atoms with Crippen LogP contribution in [0.1, 0.15) is 40.0 Å². The first-order valence-corrected chi connectivity index (χ1v) is 7.65. The van der Waals surface area contributed by atoms with Crippen LogP contribution in [0.4, 0.5) is 0 Å². The van der Waals surface area contributed by atoms with E-state index in [1.54, 1.807) is 7.11 Å². The molecule has 4 heteroatoms. The zero-order valence-electron chi connectivity index (χ0n) is 13.1. The molecule has 0 aromatic rings. The zero-order chi connectivity index (χ0) is 14.3. The lowest BCUT2D eigenvalue weighted by Crippen LogP contribution is -2.48. The molecule has 2 N–H and O–H groups in total. The van der Waals surface area contributed by atoms with E-state index in [2.05, 4.69) is 24.1 Å². The van der Waals surface area contributed by atoms with Crippen molar-refractivity contribution >= 4 is 0 Å². The summed E-state index contributed by atoms with van der Waals surface area (Å²) >= 11 is 0. The predicted molar refractivity (Wildman–Crippen MR) is 79.4 cm³/mol. The average molecular weight is 272 g/mol. The highest BCUT2D eigenvalue weighted by Gasteiger charge is 2.26. The summed E-state index contributed by atoms with van der Waals surface area (Å²) in [5, 5.41) is 13.8. The number of aliphatic hydroxyl groups is 1. The fourth-order valence-electron chi connectivity index (χ4n) is 2.74. The Morgan fingerprint density at radius 2 is 2.26 bits per heavy atom. The molecule has 0 aromatic carbocycles. The van der Waals surface area contributed by atoms with Crippen molar-refractivity contribution in [3.05, 3.63) is 0 Å². The molecule has 1 heterocycles. The smallest absolute Gasteiger partial charge is 0.0765 e. The van der Waals surface area contributed by atoms with Gasteiger partial charge in [0.05, 0.1) is 5.60 Å². The minimum atomic E-state index is -0.677. The van der Waals surface area contributed by atoms with Gasteiger partial charge >= 0.3 is 0 Å². The number of nitrogens with one attached hydrogen (secondary N) is 1. The van der Waals surface area contributed by atoms with Crippen LogP contribution in [0, 0.1) is 5.92 Å². The quantitative estimate of drug-likeness (QED) is 0.702. The first kappa shape index (κ1) is 16.9. The Bertz CT molecular complexity index is 246. The van der Waals surface area contributed by atoms with Gasteiger partial charge in [0.15, 0.2) is 0 Å². The highest BCUT2D eigenvalue weighted by molar-refractivity contribution is 4.83. The van der Waals surface area contributed by atoms with E-state index < -0.39 is 5.60 Å². The number of hydrogen-bond donors (Lipinski definition) is 2. The van der Waals surface area contributed by atoms with Crippen LogP contribution in [0.2, 0.25) is 0 Å². The molecule has 1 saturated heterocycles. The average Bonchev–Trinajstić information content (AvgIpc) is 2.43. The van der Waals surface area contributed by atoms with Crippen LogP contribution in [0.25, 0.3) is 0 Å². The van der Waals surface area contributed by atoms with Crippen LogP contribution < -0.4 is 5.32 Å². The molecule has 1 rings (SSSR count). The second-order valence-electron chi connectivity index (χ2n) is 6.20. The van der Waals surface area contributed by atoms with Crippen molar-refractivity contribution in [2.24, 2.45) is 5.92 Å². The van der Waals surface area contributed by atoms with Gasteiger partial charge in [0, 0.05) is 39.3 Å².